The molecule has 0 saturated heterocycles. The molecule has 0 aliphatic carbocycles. The number of halogens is 1. The van der Waals surface area contributed by atoms with E-state index in [0.29, 0.717) is 13.0 Å². The van der Waals surface area contributed by atoms with Crippen molar-refractivity contribution in [3.8, 4) is 0 Å². The SMILES string of the molecule is CCCCN1C(=O)CCN=C(c2ccccc2)c2cc(Br)ccc21. The number of hydrogen-bond acceptors (Lipinski definition) is 2. The van der Waals surface area contributed by atoms with Gasteiger partial charge < -0.3 is 4.90 Å². The van der Waals surface area contributed by atoms with Crippen LogP contribution in [-0.2, 0) is 4.79 Å². The Hall–Kier alpha value is -1.94. The van der Waals surface area contributed by atoms with Crippen LogP contribution in [0.4, 0.5) is 5.69 Å². The average molecular weight is 385 g/mol. The molecule has 0 N–H and O–H groups in total. The van der Waals surface area contributed by atoms with Crippen LogP contribution in [0, 0.1) is 0 Å². The quantitative estimate of drug-likeness (QED) is 0.743. The van der Waals surface area contributed by atoms with E-state index in [1.807, 2.05) is 35.2 Å². The minimum absolute atomic E-state index is 0.155. The molecular formula is C20H21BrN2O. The van der Waals surface area contributed by atoms with Gasteiger partial charge in [0.25, 0.3) is 0 Å². The van der Waals surface area contributed by atoms with Gasteiger partial charge in [-0.3, -0.25) is 9.79 Å². The molecule has 0 radical (unpaired) electrons. The second-order valence-electron chi connectivity index (χ2n) is 5.91. The van der Waals surface area contributed by atoms with Crippen molar-refractivity contribution in [2.45, 2.75) is 26.2 Å². The molecule has 124 valence electrons. The summed E-state index contributed by atoms with van der Waals surface area (Å²) in [6, 6.07) is 16.3. The van der Waals surface area contributed by atoms with Gasteiger partial charge in [0.05, 0.1) is 11.4 Å². The van der Waals surface area contributed by atoms with Gasteiger partial charge in [-0.2, -0.15) is 0 Å². The summed E-state index contributed by atoms with van der Waals surface area (Å²) in [6.45, 7) is 3.43. The first kappa shape index (κ1) is 16.9. The molecule has 0 saturated carbocycles. The van der Waals surface area contributed by atoms with Crippen LogP contribution in [0.5, 0.6) is 0 Å². The zero-order chi connectivity index (χ0) is 16.9. The molecule has 3 rings (SSSR count). The predicted octanol–water partition coefficient (Wildman–Crippen LogP) is 4.82. The zero-order valence-electron chi connectivity index (χ0n) is 13.8. The maximum atomic E-state index is 12.6. The summed E-state index contributed by atoms with van der Waals surface area (Å²) in [5, 5.41) is 0. The summed E-state index contributed by atoms with van der Waals surface area (Å²) in [4.78, 5) is 19.3. The maximum Gasteiger partial charge on any atom is 0.228 e. The summed E-state index contributed by atoms with van der Waals surface area (Å²) in [5.41, 5.74) is 4.02. The Kier molecular flexibility index (Phi) is 5.46. The monoisotopic (exact) mass is 384 g/mol. The Morgan fingerprint density at radius 3 is 2.71 bits per heavy atom. The molecule has 1 aliphatic rings. The third-order valence-electron chi connectivity index (χ3n) is 4.18. The molecule has 0 fully saturated rings. The summed E-state index contributed by atoms with van der Waals surface area (Å²) in [7, 11) is 0. The first-order valence-electron chi connectivity index (χ1n) is 8.41. The molecule has 0 unspecified atom stereocenters. The molecule has 2 aromatic carbocycles. The minimum atomic E-state index is 0.155. The van der Waals surface area contributed by atoms with Crippen LogP contribution in [0.2, 0.25) is 0 Å². The van der Waals surface area contributed by atoms with Gasteiger partial charge in [-0.1, -0.05) is 59.6 Å². The number of fused-ring (bicyclic) bond motifs is 1. The Labute approximate surface area is 151 Å². The number of aliphatic imine (C=N–C) groups is 1. The molecule has 1 aliphatic heterocycles. The van der Waals surface area contributed by atoms with E-state index < -0.39 is 0 Å². The number of hydrogen-bond donors (Lipinski definition) is 0. The van der Waals surface area contributed by atoms with Crippen LogP contribution in [0.3, 0.4) is 0 Å². The van der Waals surface area contributed by atoms with Crippen molar-refractivity contribution in [2.75, 3.05) is 18.0 Å². The third-order valence-corrected chi connectivity index (χ3v) is 4.68. The molecule has 0 bridgehead atoms. The maximum absolute atomic E-state index is 12.6. The van der Waals surface area contributed by atoms with Crippen LogP contribution in [-0.4, -0.2) is 24.7 Å². The number of carbonyl (C=O) groups excluding carboxylic acids is 1. The Morgan fingerprint density at radius 1 is 1.17 bits per heavy atom. The number of benzene rings is 2. The number of anilines is 1. The third kappa shape index (κ3) is 3.59. The van der Waals surface area contributed by atoms with E-state index in [1.54, 1.807) is 0 Å². The largest absolute Gasteiger partial charge is 0.312 e. The molecule has 1 amide bonds. The predicted molar refractivity (Wildman–Crippen MR) is 103 cm³/mol. The van der Waals surface area contributed by atoms with E-state index in [1.165, 1.54) is 0 Å². The lowest BCUT2D eigenvalue weighted by Crippen LogP contribution is -2.34. The molecule has 0 aromatic heterocycles. The van der Waals surface area contributed by atoms with Gasteiger partial charge in [-0.05, 0) is 24.6 Å². The van der Waals surface area contributed by atoms with E-state index in [0.717, 1.165) is 46.4 Å². The summed E-state index contributed by atoms with van der Waals surface area (Å²) < 4.78 is 0.994. The highest BCUT2D eigenvalue weighted by Gasteiger charge is 2.23. The fraction of sp³-hybridized carbons (Fsp3) is 0.300. The molecule has 3 nitrogen and oxygen atoms in total. The fourth-order valence-corrected chi connectivity index (χ4v) is 3.32. The van der Waals surface area contributed by atoms with Crippen molar-refractivity contribution in [1.29, 1.82) is 0 Å². The molecule has 4 heteroatoms. The molecule has 24 heavy (non-hydrogen) atoms. The van der Waals surface area contributed by atoms with E-state index in [4.69, 9.17) is 4.99 Å². The molecule has 2 aromatic rings. The fourth-order valence-electron chi connectivity index (χ4n) is 2.96. The lowest BCUT2D eigenvalue weighted by atomic mass is 9.98. The smallest absolute Gasteiger partial charge is 0.228 e. The second-order valence-corrected chi connectivity index (χ2v) is 6.82. The lowest BCUT2D eigenvalue weighted by molar-refractivity contribution is -0.118. The highest BCUT2D eigenvalue weighted by Crippen LogP contribution is 2.29. The number of amides is 1. The van der Waals surface area contributed by atoms with Gasteiger partial charge in [0.1, 0.15) is 0 Å². The Morgan fingerprint density at radius 2 is 1.96 bits per heavy atom. The van der Waals surface area contributed by atoms with Gasteiger partial charge in [-0.25, -0.2) is 0 Å². The second kappa shape index (κ2) is 7.75. The van der Waals surface area contributed by atoms with E-state index in [9.17, 15) is 4.79 Å². The standard InChI is InChI=1S/C20H21BrN2O/c1-2-3-13-23-18-10-9-16(21)14-17(18)20(22-12-11-19(23)24)15-7-5-4-6-8-15/h4-10,14H,2-3,11-13H2,1H3. The van der Waals surface area contributed by atoms with Crippen molar-refractivity contribution in [3.05, 3.63) is 64.1 Å². The topological polar surface area (TPSA) is 32.7 Å². The Balaban J connectivity index is 2.14. The van der Waals surface area contributed by atoms with E-state index in [2.05, 4.69) is 41.1 Å². The first-order chi connectivity index (χ1) is 11.7. The van der Waals surface area contributed by atoms with Gasteiger partial charge in [0.2, 0.25) is 5.91 Å². The van der Waals surface area contributed by atoms with Crippen LogP contribution in [0.1, 0.15) is 37.3 Å². The van der Waals surface area contributed by atoms with Gasteiger partial charge in [0, 0.05) is 35.1 Å². The first-order valence-corrected chi connectivity index (χ1v) is 9.20. The van der Waals surface area contributed by atoms with Gasteiger partial charge in [-0.15, -0.1) is 0 Å². The van der Waals surface area contributed by atoms with Crippen LogP contribution in [0.25, 0.3) is 0 Å². The molecule has 0 atom stereocenters. The highest BCUT2D eigenvalue weighted by atomic mass is 79.9. The number of unbranched alkanes of at least 4 members (excludes halogenated alkanes) is 1. The summed E-state index contributed by atoms with van der Waals surface area (Å²) >= 11 is 3.56. The van der Waals surface area contributed by atoms with Crippen LogP contribution >= 0.6 is 15.9 Å². The lowest BCUT2D eigenvalue weighted by Gasteiger charge is -2.27. The van der Waals surface area contributed by atoms with Gasteiger partial charge >= 0.3 is 0 Å². The van der Waals surface area contributed by atoms with Crippen LogP contribution < -0.4 is 4.90 Å². The molecular weight excluding hydrogens is 364 g/mol. The number of nitrogens with zero attached hydrogens (tertiary/aromatic N) is 2. The van der Waals surface area contributed by atoms with E-state index in [-0.39, 0.29) is 5.91 Å². The molecule has 0 spiro atoms. The summed E-state index contributed by atoms with van der Waals surface area (Å²) in [6.07, 6.45) is 2.52. The zero-order valence-corrected chi connectivity index (χ0v) is 15.4. The van der Waals surface area contributed by atoms with Crippen molar-refractivity contribution in [3.63, 3.8) is 0 Å². The average Bonchev–Trinajstić information content (AvgIpc) is 2.59. The van der Waals surface area contributed by atoms with Crippen molar-refractivity contribution in [1.82, 2.24) is 0 Å². The number of carbonyl (C=O) groups is 1. The minimum Gasteiger partial charge on any atom is -0.312 e. The van der Waals surface area contributed by atoms with Crippen molar-refractivity contribution >= 4 is 33.2 Å². The van der Waals surface area contributed by atoms with Crippen molar-refractivity contribution in [2.24, 2.45) is 4.99 Å². The van der Waals surface area contributed by atoms with E-state index >= 15 is 0 Å². The Bertz CT molecular complexity index is 755. The van der Waals surface area contributed by atoms with Crippen molar-refractivity contribution < 1.29 is 4.79 Å². The van der Waals surface area contributed by atoms with Gasteiger partial charge in [0.15, 0.2) is 0 Å². The highest BCUT2D eigenvalue weighted by molar-refractivity contribution is 9.10. The van der Waals surface area contributed by atoms with Crippen LogP contribution in [0.15, 0.2) is 58.0 Å². The normalized spacial score (nSPS) is 14.7. The molecule has 1 heterocycles. The number of rotatable bonds is 4. The summed E-state index contributed by atoms with van der Waals surface area (Å²) in [5.74, 6) is 0.155.